The summed E-state index contributed by atoms with van der Waals surface area (Å²) in [4.78, 5) is 16.0. The van der Waals surface area contributed by atoms with Gasteiger partial charge in [0, 0.05) is 44.4 Å². The van der Waals surface area contributed by atoms with Gasteiger partial charge in [-0.05, 0) is 23.1 Å². The Morgan fingerprint density at radius 2 is 2.20 bits per heavy atom. The zero-order chi connectivity index (χ0) is 13.7. The van der Waals surface area contributed by atoms with Gasteiger partial charge in [-0.3, -0.25) is 4.79 Å². The third kappa shape index (κ3) is 1.62. The fraction of sp³-hybridized carbons (Fsp3) is 0.353. The number of allylic oxidation sites excluding steroid dienone is 3. The normalized spacial score (nSPS) is 23.1. The molecular weight excluding hydrogens is 248 g/mol. The molecule has 0 saturated carbocycles. The van der Waals surface area contributed by atoms with Gasteiger partial charge in [0.25, 0.3) is 0 Å². The smallest absolute Gasteiger partial charge is 0.219 e. The van der Waals surface area contributed by atoms with Gasteiger partial charge in [-0.2, -0.15) is 0 Å². The van der Waals surface area contributed by atoms with Gasteiger partial charge in [0.05, 0.1) is 0 Å². The van der Waals surface area contributed by atoms with Crippen LogP contribution in [0.15, 0.2) is 42.1 Å². The minimum absolute atomic E-state index is 0.162. The highest BCUT2D eigenvalue weighted by Crippen LogP contribution is 2.45. The topological polar surface area (TPSA) is 23.6 Å². The van der Waals surface area contributed by atoms with E-state index in [1.165, 1.54) is 22.4 Å². The van der Waals surface area contributed by atoms with E-state index in [1.807, 2.05) is 4.90 Å². The zero-order valence-corrected chi connectivity index (χ0v) is 11.7. The van der Waals surface area contributed by atoms with E-state index in [9.17, 15) is 4.79 Å². The third-order valence-corrected chi connectivity index (χ3v) is 4.62. The first-order valence-electron chi connectivity index (χ1n) is 7.26. The number of hydrogen-bond donors (Lipinski definition) is 0. The van der Waals surface area contributed by atoms with Crippen molar-refractivity contribution in [2.45, 2.75) is 25.8 Å². The molecule has 0 saturated heterocycles. The van der Waals surface area contributed by atoms with Crippen LogP contribution in [0.25, 0.3) is 0 Å². The van der Waals surface area contributed by atoms with E-state index < -0.39 is 0 Å². The lowest BCUT2D eigenvalue weighted by molar-refractivity contribution is -0.129. The number of carbonyl (C=O) groups is 1. The van der Waals surface area contributed by atoms with Gasteiger partial charge in [0.15, 0.2) is 0 Å². The van der Waals surface area contributed by atoms with Crippen LogP contribution in [0.2, 0.25) is 0 Å². The van der Waals surface area contributed by atoms with Gasteiger partial charge in [0.1, 0.15) is 0 Å². The molecule has 3 heteroatoms. The average molecular weight is 266 g/mol. The summed E-state index contributed by atoms with van der Waals surface area (Å²) in [5.41, 5.74) is 5.45. The number of anilines is 1. The molecule has 20 heavy (non-hydrogen) atoms. The first-order chi connectivity index (χ1) is 9.74. The molecule has 0 N–H and O–H groups in total. The molecule has 3 aliphatic rings. The molecule has 0 radical (unpaired) electrons. The van der Waals surface area contributed by atoms with Crippen LogP contribution in [0.5, 0.6) is 0 Å². The van der Waals surface area contributed by atoms with Crippen molar-refractivity contribution in [1.29, 1.82) is 0 Å². The van der Waals surface area contributed by atoms with Crippen LogP contribution in [-0.2, 0) is 11.3 Å². The lowest BCUT2D eigenvalue weighted by Crippen LogP contribution is -2.33. The number of rotatable bonds is 0. The molecule has 2 aliphatic heterocycles. The highest BCUT2D eigenvalue weighted by atomic mass is 16.2. The molecule has 4 rings (SSSR count). The molecule has 1 aliphatic carbocycles. The Kier molecular flexibility index (Phi) is 2.49. The van der Waals surface area contributed by atoms with Gasteiger partial charge in [-0.25, -0.2) is 0 Å². The number of nitrogens with zero attached hydrogens (tertiary/aromatic N) is 2. The highest BCUT2D eigenvalue weighted by molar-refractivity contribution is 5.75. The number of benzene rings is 1. The Morgan fingerprint density at radius 3 is 3.05 bits per heavy atom. The number of amides is 1. The van der Waals surface area contributed by atoms with E-state index in [2.05, 4.69) is 41.5 Å². The lowest BCUT2D eigenvalue weighted by Gasteiger charge is -2.32. The Labute approximate surface area is 119 Å². The van der Waals surface area contributed by atoms with Crippen LogP contribution in [0, 0.1) is 0 Å². The van der Waals surface area contributed by atoms with E-state index in [-0.39, 0.29) is 5.91 Å². The highest BCUT2D eigenvalue weighted by Gasteiger charge is 2.31. The number of hydrogen-bond acceptors (Lipinski definition) is 2. The predicted molar refractivity (Wildman–Crippen MR) is 79.5 cm³/mol. The molecule has 1 amide bonds. The van der Waals surface area contributed by atoms with Crippen molar-refractivity contribution in [3.05, 3.63) is 53.3 Å². The van der Waals surface area contributed by atoms with Crippen molar-refractivity contribution in [3.8, 4) is 0 Å². The fourth-order valence-electron chi connectivity index (χ4n) is 3.60. The van der Waals surface area contributed by atoms with Gasteiger partial charge >= 0.3 is 0 Å². The average Bonchev–Trinajstić information content (AvgIpc) is 2.82. The number of fused-ring (bicyclic) bond motifs is 2. The largest absolute Gasteiger partial charge is 0.345 e. The van der Waals surface area contributed by atoms with Crippen LogP contribution in [-0.4, -0.2) is 23.9 Å². The Bertz CT molecular complexity index is 644. The van der Waals surface area contributed by atoms with Crippen molar-refractivity contribution in [1.82, 2.24) is 4.90 Å². The molecular formula is C17H18N2O. The van der Waals surface area contributed by atoms with Gasteiger partial charge in [0.2, 0.25) is 5.91 Å². The molecule has 0 bridgehead atoms. The summed E-state index contributed by atoms with van der Waals surface area (Å²) in [6.45, 7) is 4.07. The minimum Gasteiger partial charge on any atom is -0.345 e. The van der Waals surface area contributed by atoms with E-state index >= 15 is 0 Å². The van der Waals surface area contributed by atoms with E-state index in [0.29, 0.717) is 5.92 Å². The molecule has 1 aromatic rings. The Morgan fingerprint density at radius 1 is 1.30 bits per heavy atom. The van der Waals surface area contributed by atoms with Gasteiger partial charge in [-0.15, -0.1) is 0 Å². The van der Waals surface area contributed by atoms with Crippen molar-refractivity contribution in [2.24, 2.45) is 0 Å². The van der Waals surface area contributed by atoms with Crippen LogP contribution in [0.4, 0.5) is 5.69 Å². The quantitative estimate of drug-likeness (QED) is 0.721. The molecule has 0 spiro atoms. The Balaban J connectivity index is 1.85. The second kappa shape index (κ2) is 4.23. The monoisotopic (exact) mass is 266 g/mol. The van der Waals surface area contributed by atoms with Crippen LogP contribution in [0.3, 0.4) is 0 Å². The van der Waals surface area contributed by atoms with E-state index in [1.54, 1.807) is 6.92 Å². The van der Waals surface area contributed by atoms with Crippen molar-refractivity contribution < 1.29 is 4.79 Å². The van der Waals surface area contributed by atoms with Gasteiger partial charge in [-0.1, -0.05) is 30.4 Å². The van der Waals surface area contributed by atoms with Crippen molar-refractivity contribution in [3.63, 3.8) is 0 Å². The molecule has 1 atom stereocenters. The Hall–Kier alpha value is -2.03. The molecule has 1 unspecified atom stereocenters. The van der Waals surface area contributed by atoms with Crippen LogP contribution in [0.1, 0.15) is 30.4 Å². The molecule has 0 fully saturated rings. The molecule has 2 heterocycles. The first-order valence-corrected chi connectivity index (χ1v) is 7.26. The van der Waals surface area contributed by atoms with Crippen LogP contribution >= 0.6 is 0 Å². The minimum atomic E-state index is 0.162. The van der Waals surface area contributed by atoms with E-state index in [4.69, 9.17) is 0 Å². The number of para-hydroxylation sites is 1. The summed E-state index contributed by atoms with van der Waals surface area (Å²) in [5, 5.41) is 0. The summed E-state index contributed by atoms with van der Waals surface area (Å²) >= 11 is 0. The maximum atomic E-state index is 11.7. The van der Waals surface area contributed by atoms with Crippen LogP contribution < -0.4 is 4.90 Å². The standard InChI is InChI=1S/C17H18N2O/c1-12(20)18-8-9-19-10-13-4-2-6-15(13)16-7-3-5-14(11-18)17(16)19/h2-5,7,10,15H,6,8-9,11H2,1H3. The lowest BCUT2D eigenvalue weighted by atomic mass is 9.87. The summed E-state index contributed by atoms with van der Waals surface area (Å²) in [6, 6.07) is 6.55. The summed E-state index contributed by atoms with van der Waals surface area (Å²) in [5.74, 6) is 0.681. The van der Waals surface area contributed by atoms with Crippen molar-refractivity contribution >= 4 is 11.6 Å². The fourth-order valence-corrected chi connectivity index (χ4v) is 3.60. The molecule has 102 valence electrons. The first kappa shape index (κ1) is 11.8. The molecule has 1 aromatic carbocycles. The van der Waals surface area contributed by atoms with Crippen molar-refractivity contribution in [2.75, 3.05) is 18.0 Å². The second-order valence-corrected chi connectivity index (χ2v) is 5.81. The van der Waals surface area contributed by atoms with E-state index in [0.717, 1.165) is 26.1 Å². The summed E-state index contributed by atoms with van der Waals surface area (Å²) in [6.07, 6.45) is 7.90. The molecule has 0 aromatic heterocycles. The molecule has 3 nitrogen and oxygen atoms in total. The predicted octanol–water partition coefficient (Wildman–Crippen LogP) is 2.80. The third-order valence-electron chi connectivity index (χ3n) is 4.62. The maximum absolute atomic E-state index is 11.7. The SMILES string of the molecule is CC(=O)N1CCN2C=C3C=CCC3c3cccc(c32)C1. The summed E-state index contributed by atoms with van der Waals surface area (Å²) in [7, 11) is 0. The maximum Gasteiger partial charge on any atom is 0.219 e. The number of carbonyl (C=O) groups excluding carboxylic acids is 1. The van der Waals surface area contributed by atoms with Gasteiger partial charge < -0.3 is 9.80 Å². The summed E-state index contributed by atoms with van der Waals surface area (Å²) < 4.78 is 0. The second-order valence-electron chi connectivity index (χ2n) is 5.81. The zero-order valence-electron chi connectivity index (χ0n) is 11.7.